The summed E-state index contributed by atoms with van der Waals surface area (Å²) in [6.07, 6.45) is 0. The second-order valence-corrected chi connectivity index (χ2v) is 6.68. The fourth-order valence-electron chi connectivity index (χ4n) is 2.22. The third-order valence-corrected chi connectivity index (χ3v) is 4.63. The second-order valence-electron chi connectivity index (χ2n) is 5.25. The van der Waals surface area contributed by atoms with Crippen molar-refractivity contribution in [2.45, 2.75) is 25.9 Å². The summed E-state index contributed by atoms with van der Waals surface area (Å²) in [6, 6.07) is 2.03. The van der Waals surface area contributed by atoms with Crippen LogP contribution in [0.4, 0.5) is 0 Å². The van der Waals surface area contributed by atoms with Crippen LogP contribution >= 0.6 is 22.9 Å². The van der Waals surface area contributed by atoms with E-state index in [9.17, 15) is 0 Å². The van der Waals surface area contributed by atoms with Crippen molar-refractivity contribution in [3.63, 3.8) is 0 Å². The summed E-state index contributed by atoms with van der Waals surface area (Å²) < 4.78 is 5.40. The van der Waals surface area contributed by atoms with E-state index in [1.54, 1.807) is 11.3 Å². The summed E-state index contributed by atoms with van der Waals surface area (Å²) in [7, 11) is 0. The van der Waals surface area contributed by atoms with Crippen molar-refractivity contribution < 1.29 is 4.74 Å². The molecule has 1 saturated heterocycles. The Hall–Kier alpha value is -0.130. The van der Waals surface area contributed by atoms with Gasteiger partial charge in [0, 0.05) is 42.0 Å². The zero-order valence-corrected chi connectivity index (χ0v) is 12.6. The summed E-state index contributed by atoms with van der Waals surface area (Å²) in [6.45, 7) is 10.2. The average Bonchev–Trinajstić information content (AvgIpc) is 2.76. The Kier molecular flexibility index (Phi) is 5.04. The monoisotopic (exact) mass is 288 g/mol. The molecule has 0 aliphatic carbocycles. The number of rotatable bonds is 5. The first-order valence-corrected chi connectivity index (χ1v) is 7.60. The van der Waals surface area contributed by atoms with Crippen molar-refractivity contribution in [1.82, 2.24) is 10.2 Å². The molecule has 1 aliphatic rings. The fourth-order valence-corrected chi connectivity index (χ4v) is 3.26. The van der Waals surface area contributed by atoms with Crippen molar-refractivity contribution >= 4 is 22.9 Å². The Balaban J connectivity index is 1.77. The van der Waals surface area contributed by atoms with Crippen LogP contribution in [0, 0.1) is 0 Å². The smallest absolute Gasteiger partial charge is 0.0594 e. The normalized spacial score (nSPS) is 18.2. The number of nitrogens with one attached hydrogen (secondary N) is 1. The lowest BCUT2D eigenvalue weighted by Gasteiger charge is -2.41. The lowest BCUT2D eigenvalue weighted by molar-refractivity contribution is -0.00965. The van der Waals surface area contributed by atoms with Crippen molar-refractivity contribution in [3.8, 4) is 0 Å². The van der Waals surface area contributed by atoms with Crippen LogP contribution in [0.25, 0.3) is 0 Å². The van der Waals surface area contributed by atoms with Gasteiger partial charge in [-0.05, 0) is 19.9 Å². The van der Waals surface area contributed by atoms with Crippen LogP contribution in [0.1, 0.15) is 18.7 Å². The van der Waals surface area contributed by atoms with Gasteiger partial charge in [0.1, 0.15) is 0 Å². The van der Waals surface area contributed by atoms with E-state index in [2.05, 4.69) is 24.1 Å². The van der Waals surface area contributed by atoms with Crippen LogP contribution < -0.4 is 5.32 Å². The van der Waals surface area contributed by atoms with Gasteiger partial charge in [-0.25, -0.2) is 0 Å². The van der Waals surface area contributed by atoms with Gasteiger partial charge in [0.05, 0.1) is 18.2 Å². The van der Waals surface area contributed by atoms with Crippen molar-refractivity contribution in [3.05, 3.63) is 21.3 Å². The van der Waals surface area contributed by atoms with Gasteiger partial charge in [0.15, 0.2) is 0 Å². The highest BCUT2D eigenvalue weighted by molar-refractivity contribution is 7.10. The van der Waals surface area contributed by atoms with Crippen molar-refractivity contribution in [1.29, 1.82) is 0 Å². The van der Waals surface area contributed by atoms with Crippen molar-refractivity contribution in [2.24, 2.45) is 0 Å². The standard InChI is InChI=1S/C13H21ClN2OS/c1-13(2,16-3-5-17-6-4-16)10-15-8-12-7-11(14)9-18-12/h7,9,15H,3-6,8,10H2,1-2H3. The van der Waals surface area contributed by atoms with Crippen LogP contribution in [0.5, 0.6) is 0 Å². The molecule has 1 aromatic heterocycles. The van der Waals surface area contributed by atoms with E-state index >= 15 is 0 Å². The number of morpholine rings is 1. The number of hydrogen-bond acceptors (Lipinski definition) is 4. The molecule has 1 N–H and O–H groups in total. The molecule has 0 atom stereocenters. The molecular weight excluding hydrogens is 268 g/mol. The third-order valence-electron chi connectivity index (χ3n) is 3.35. The predicted octanol–water partition coefficient (Wildman–Crippen LogP) is 2.60. The first kappa shape index (κ1) is 14.3. The van der Waals surface area contributed by atoms with E-state index in [0.717, 1.165) is 44.4 Å². The van der Waals surface area contributed by atoms with Crippen LogP contribution in [-0.4, -0.2) is 43.3 Å². The van der Waals surface area contributed by atoms with E-state index < -0.39 is 0 Å². The van der Waals surface area contributed by atoms with Crippen LogP contribution in [0.2, 0.25) is 5.02 Å². The van der Waals surface area contributed by atoms with Crippen LogP contribution in [-0.2, 0) is 11.3 Å². The molecule has 5 heteroatoms. The molecular formula is C13H21ClN2OS. The maximum atomic E-state index is 5.91. The lowest BCUT2D eigenvalue weighted by atomic mass is 10.0. The number of hydrogen-bond donors (Lipinski definition) is 1. The van der Waals surface area contributed by atoms with Gasteiger partial charge in [-0.1, -0.05) is 11.6 Å². The lowest BCUT2D eigenvalue weighted by Crippen LogP contribution is -2.54. The topological polar surface area (TPSA) is 24.5 Å². The van der Waals surface area contributed by atoms with Gasteiger partial charge < -0.3 is 10.1 Å². The molecule has 2 rings (SSSR count). The highest BCUT2D eigenvalue weighted by Crippen LogP contribution is 2.19. The molecule has 1 fully saturated rings. The molecule has 102 valence electrons. The van der Waals surface area contributed by atoms with E-state index in [0.29, 0.717) is 0 Å². The van der Waals surface area contributed by atoms with E-state index in [1.807, 2.05) is 11.4 Å². The van der Waals surface area contributed by atoms with Crippen LogP contribution in [0.15, 0.2) is 11.4 Å². The molecule has 0 amide bonds. The SMILES string of the molecule is CC(C)(CNCc1cc(Cl)cs1)N1CCOCC1. The van der Waals surface area contributed by atoms with Crippen molar-refractivity contribution in [2.75, 3.05) is 32.8 Å². The zero-order chi connectivity index (χ0) is 13.0. The average molecular weight is 289 g/mol. The first-order chi connectivity index (χ1) is 8.58. The Morgan fingerprint density at radius 3 is 2.78 bits per heavy atom. The molecule has 18 heavy (non-hydrogen) atoms. The number of ether oxygens (including phenoxy) is 1. The summed E-state index contributed by atoms with van der Waals surface area (Å²) >= 11 is 7.62. The molecule has 0 bridgehead atoms. The summed E-state index contributed by atoms with van der Waals surface area (Å²) in [5, 5.41) is 6.34. The Morgan fingerprint density at radius 1 is 1.44 bits per heavy atom. The largest absolute Gasteiger partial charge is 0.379 e. The summed E-state index contributed by atoms with van der Waals surface area (Å²) in [5.41, 5.74) is 0.171. The van der Waals surface area contributed by atoms with E-state index in [4.69, 9.17) is 16.3 Å². The Morgan fingerprint density at radius 2 is 2.17 bits per heavy atom. The van der Waals surface area contributed by atoms with Gasteiger partial charge in [0.25, 0.3) is 0 Å². The maximum Gasteiger partial charge on any atom is 0.0594 e. The molecule has 2 heterocycles. The highest BCUT2D eigenvalue weighted by Gasteiger charge is 2.27. The number of nitrogens with zero attached hydrogens (tertiary/aromatic N) is 1. The maximum absolute atomic E-state index is 5.91. The fraction of sp³-hybridized carbons (Fsp3) is 0.692. The van der Waals surface area contributed by atoms with Gasteiger partial charge in [-0.2, -0.15) is 0 Å². The number of halogens is 1. The molecule has 3 nitrogen and oxygen atoms in total. The number of thiophene rings is 1. The molecule has 1 aliphatic heterocycles. The molecule has 1 aromatic rings. The molecule has 0 aromatic carbocycles. The third kappa shape index (κ3) is 3.93. The Labute approximate surface area is 118 Å². The molecule has 0 spiro atoms. The molecule has 0 radical (unpaired) electrons. The first-order valence-electron chi connectivity index (χ1n) is 6.34. The zero-order valence-electron chi connectivity index (χ0n) is 11.0. The minimum absolute atomic E-state index is 0.171. The molecule has 0 unspecified atom stereocenters. The minimum Gasteiger partial charge on any atom is -0.379 e. The van der Waals surface area contributed by atoms with Gasteiger partial charge in [0.2, 0.25) is 0 Å². The second kappa shape index (κ2) is 6.35. The summed E-state index contributed by atoms with van der Waals surface area (Å²) in [5.74, 6) is 0. The van der Waals surface area contributed by atoms with E-state index in [1.165, 1.54) is 4.88 Å². The van der Waals surface area contributed by atoms with E-state index in [-0.39, 0.29) is 5.54 Å². The van der Waals surface area contributed by atoms with Crippen LogP contribution in [0.3, 0.4) is 0 Å². The summed E-state index contributed by atoms with van der Waals surface area (Å²) in [4.78, 5) is 3.78. The van der Waals surface area contributed by atoms with Gasteiger partial charge >= 0.3 is 0 Å². The Bertz CT molecular complexity index is 375. The minimum atomic E-state index is 0.171. The highest BCUT2D eigenvalue weighted by atomic mass is 35.5. The predicted molar refractivity (Wildman–Crippen MR) is 77.5 cm³/mol. The molecule has 0 saturated carbocycles. The van der Waals surface area contributed by atoms with Gasteiger partial charge in [-0.3, -0.25) is 4.90 Å². The quantitative estimate of drug-likeness (QED) is 0.901. The van der Waals surface area contributed by atoms with Gasteiger partial charge in [-0.15, -0.1) is 11.3 Å².